The standard InChI is InChI=1S/C17H17NO/c1-2-9-16(14-10-5-3-6-11-14)18-17(19)15-12-7-4-8-13-15/h2-8,10-13,16H,1,9H2,(H,18,19). The molecule has 0 saturated carbocycles. The Labute approximate surface area is 113 Å². The summed E-state index contributed by atoms with van der Waals surface area (Å²) in [5.41, 5.74) is 1.76. The van der Waals surface area contributed by atoms with E-state index in [4.69, 9.17) is 0 Å². The Hall–Kier alpha value is -2.35. The van der Waals surface area contributed by atoms with E-state index in [1.807, 2.05) is 66.7 Å². The highest BCUT2D eigenvalue weighted by Crippen LogP contribution is 2.17. The summed E-state index contributed by atoms with van der Waals surface area (Å²) in [6, 6.07) is 19.1. The van der Waals surface area contributed by atoms with E-state index < -0.39 is 0 Å². The van der Waals surface area contributed by atoms with Crippen LogP contribution in [0.25, 0.3) is 0 Å². The molecule has 1 N–H and O–H groups in total. The van der Waals surface area contributed by atoms with Gasteiger partial charge in [-0.15, -0.1) is 6.58 Å². The molecule has 0 aliphatic rings. The number of hydrogen-bond donors (Lipinski definition) is 1. The normalized spacial score (nSPS) is 11.6. The largest absolute Gasteiger partial charge is 0.345 e. The molecule has 96 valence electrons. The highest BCUT2D eigenvalue weighted by Gasteiger charge is 2.13. The lowest BCUT2D eigenvalue weighted by Gasteiger charge is -2.17. The van der Waals surface area contributed by atoms with Crippen LogP contribution in [0.15, 0.2) is 73.3 Å². The Morgan fingerprint density at radius 2 is 1.63 bits per heavy atom. The van der Waals surface area contributed by atoms with E-state index >= 15 is 0 Å². The third kappa shape index (κ3) is 3.55. The summed E-state index contributed by atoms with van der Waals surface area (Å²) in [6.07, 6.45) is 2.53. The van der Waals surface area contributed by atoms with Crippen molar-refractivity contribution in [3.05, 3.63) is 84.4 Å². The van der Waals surface area contributed by atoms with Gasteiger partial charge in [0.15, 0.2) is 0 Å². The fraction of sp³-hybridized carbons (Fsp3) is 0.118. The number of carbonyl (C=O) groups excluding carboxylic acids is 1. The van der Waals surface area contributed by atoms with E-state index in [1.54, 1.807) is 0 Å². The lowest BCUT2D eigenvalue weighted by molar-refractivity contribution is 0.0937. The fourth-order valence-electron chi connectivity index (χ4n) is 1.96. The zero-order chi connectivity index (χ0) is 13.5. The van der Waals surface area contributed by atoms with Gasteiger partial charge in [0.25, 0.3) is 5.91 Å². The first kappa shape index (κ1) is 13.1. The van der Waals surface area contributed by atoms with Crippen molar-refractivity contribution in [2.24, 2.45) is 0 Å². The maximum absolute atomic E-state index is 12.2. The van der Waals surface area contributed by atoms with E-state index in [0.29, 0.717) is 12.0 Å². The second-order valence-electron chi connectivity index (χ2n) is 4.33. The van der Waals surface area contributed by atoms with Crippen molar-refractivity contribution in [3.8, 4) is 0 Å². The third-order valence-corrected chi connectivity index (χ3v) is 2.95. The van der Waals surface area contributed by atoms with E-state index in [1.165, 1.54) is 0 Å². The Morgan fingerprint density at radius 1 is 1.05 bits per heavy atom. The molecule has 0 saturated heterocycles. The quantitative estimate of drug-likeness (QED) is 0.806. The zero-order valence-corrected chi connectivity index (χ0v) is 10.8. The minimum absolute atomic E-state index is 0.0357. The molecule has 0 bridgehead atoms. The summed E-state index contributed by atoms with van der Waals surface area (Å²) in [7, 11) is 0. The first-order valence-electron chi connectivity index (χ1n) is 6.33. The van der Waals surface area contributed by atoms with E-state index in [0.717, 1.165) is 5.56 Å². The number of benzene rings is 2. The molecule has 0 aromatic heterocycles. The third-order valence-electron chi connectivity index (χ3n) is 2.95. The average molecular weight is 251 g/mol. The van der Waals surface area contributed by atoms with Crippen molar-refractivity contribution in [2.45, 2.75) is 12.5 Å². The summed E-state index contributed by atoms with van der Waals surface area (Å²) < 4.78 is 0. The number of nitrogens with one attached hydrogen (secondary N) is 1. The van der Waals surface area contributed by atoms with Crippen LogP contribution in [-0.4, -0.2) is 5.91 Å². The van der Waals surface area contributed by atoms with Crippen molar-refractivity contribution in [3.63, 3.8) is 0 Å². The molecule has 2 aromatic rings. The van der Waals surface area contributed by atoms with Crippen LogP contribution >= 0.6 is 0 Å². The lowest BCUT2D eigenvalue weighted by atomic mass is 10.0. The van der Waals surface area contributed by atoms with Crippen LogP contribution in [0.1, 0.15) is 28.4 Å². The molecule has 1 amide bonds. The van der Waals surface area contributed by atoms with Gasteiger partial charge in [0.05, 0.1) is 6.04 Å². The van der Waals surface area contributed by atoms with Gasteiger partial charge >= 0.3 is 0 Å². The molecule has 0 spiro atoms. The first-order valence-corrected chi connectivity index (χ1v) is 6.33. The van der Waals surface area contributed by atoms with Gasteiger partial charge in [-0.05, 0) is 24.1 Å². The van der Waals surface area contributed by atoms with E-state index in [2.05, 4.69) is 11.9 Å². The van der Waals surface area contributed by atoms with Gasteiger partial charge in [0, 0.05) is 5.56 Å². The molecule has 0 aliphatic heterocycles. The second kappa shape index (κ2) is 6.55. The van der Waals surface area contributed by atoms with Crippen molar-refractivity contribution < 1.29 is 4.79 Å². The van der Waals surface area contributed by atoms with E-state index in [9.17, 15) is 4.79 Å². The van der Waals surface area contributed by atoms with Crippen molar-refractivity contribution in [1.29, 1.82) is 0 Å². The summed E-state index contributed by atoms with van der Waals surface area (Å²) >= 11 is 0. The summed E-state index contributed by atoms with van der Waals surface area (Å²) in [5.74, 6) is -0.0590. The van der Waals surface area contributed by atoms with Gasteiger partial charge in [-0.1, -0.05) is 54.6 Å². The lowest BCUT2D eigenvalue weighted by Crippen LogP contribution is -2.28. The molecule has 1 atom stereocenters. The minimum atomic E-state index is -0.0590. The molecule has 0 radical (unpaired) electrons. The molecule has 2 heteroatoms. The van der Waals surface area contributed by atoms with Crippen LogP contribution in [-0.2, 0) is 0 Å². The van der Waals surface area contributed by atoms with Crippen LogP contribution in [0, 0.1) is 0 Å². The molecule has 0 fully saturated rings. The zero-order valence-electron chi connectivity index (χ0n) is 10.8. The highest BCUT2D eigenvalue weighted by molar-refractivity contribution is 5.94. The predicted octanol–water partition coefficient (Wildman–Crippen LogP) is 3.73. The Balaban J connectivity index is 2.14. The molecule has 19 heavy (non-hydrogen) atoms. The fourth-order valence-corrected chi connectivity index (χ4v) is 1.96. The molecule has 2 nitrogen and oxygen atoms in total. The van der Waals surface area contributed by atoms with E-state index in [-0.39, 0.29) is 11.9 Å². The minimum Gasteiger partial charge on any atom is -0.345 e. The van der Waals surface area contributed by atoms with Crippen molar-refractivity contribution in [1.82, 2.24) is 5.32 Å². The SMILES string of the molecule is C=CCC(NC(=O)c1ccccc1)c1ccccc1. The second-order valence-corrected chi connectivity index (χ2v) is 4.33. The van der Waals surface area contributed by atoms with Crippen molar-refractivity contribution in [2.75, 3.05) is 0 Å². The van der Waals surface area contributed by atoms with Crippen molar-refractivity contribution >= 4 is 5.91 Å². The van der Waals surface area contributed by atoms with Crippen LogP contribution in [0.4, 0.5) is 0 Å². The summed E-state index contributed by atoms with van der Waals surface area (Å²) in [4.78, 5) is 12.2. The first-order chi connectivity index (χ1) is 9.31. The molecule has 0 heterocycles. The van der Waals surface area contributed by atoms with Crippen LogP contribution in [0.3, 0.4) is 0 Å². The predicted molar refractivity (Wildman–Crippen MR) is 77.9 cm³/mol. The maximum Gasteiger partial charge on any atom is 0.251 e. The molecule has 0 aliphatic carbocycles. The molecular formula is C17H17NO. The molecular weight excluding hydrogens is 234 g/mol. The van der Waals surface area contributed by atoms with Crippen LogP contribution in [0.5, 0.6) is 0 Å². The molecule has 1 unspecified atom stereocenters. The maximum atomic E-state index is 12.2. The Bertz CT molecular complexity index is 534. The monoisotopic (exact) mass is 251 g/mol. The van der Waals surface area contributed by atoms with Gasteiger partial charge in [-0.3, -0.25) is 4.79 Å². The smallest absolute Gasteiger partial charge is 0.251 e. The Kier molecular flexibility index (Phi) is 4.51. The topological polar surface area (TPSA) is 29.1 Å². The van der Waals surface area contributed by atoms with Gasteiger partial charge < -0.3 is 5.32 Å². The number of carbonyl (C=O) groups is 1. The van der Waals surface area contributed by atoms with Gasteiger partial charge in [0.1, 0.15) is 0 Å². The van der Waals surface area contributed by atoms with Crippen LogP contribution in [0.2, 0.25) is 0 Å². The van der Waals surface area contributed by atoms with Gasteiger partial charge in [-0.2, -0.15) is 0 Å². The highest BCUT2D eigenvalue weighted by atomic mass is 16.1. The number of hydrogen-bond acceptors (Lipinski definition) is 1. The Morgan fingerprint density at radius 3 is 2.21 bits per heavy atom. The summed E-state index contributed by atoms with van der Waals surface area (Å²) in [6.45, 7) is 3.75. The van der Waals surface area contributed by atoms with Gasteiger partial charge in [0.2, 0.25) is 0 Å². The van der Waals surface area contributed by atoms with Crippen LogP contribution < -0.4 is 5.32 Å². The summed E-state index contributed by atoms with van der Waals surface area (Å²) in [5, 5.41) is 3.04. The number of rotatable bonds is 5. The average Bonchev–Trinajstić information content (AvgIpc) is 2.48. The number of amides is 1. The van der Waals surface area contributed by atoms with Gasteiger partial charge in [-0.25, -0.2) is 0 Å². The molecule has 2 aromatic carbocycles. The molecule has 2 rings (SSSR count).